The van der Waals surface area contributed by atoms with Crippen molar-refractivity contribution in [1.29, 1.82) is 0 Å². The molecule has 0 saturated heterocycles. The fourth-order valence-corrected chi connectivity index (χ4v) is 3.23. The molecule has 0 aliphatic carbocycles. The number of hydrogen-bond acceptors (Lipinski definition) is 5. The van der Waals surface area contributed by atoms with E-state index in [4.69, 9.17) is 0 Å². The smallest absolute Gasteiger partial charge is 0.149 e. The number of nitrogens with one attached hydrogen (secondary N) is 1. The molecular weight excluding hydrogens is 344 g/mol. The average molecular weight is 359 g/mol. The predicted molar refractivity (Wildman–Crippen MR) is 87.6 cm³/mol. The van der Waals surface area contributed by atoms with Crippen LogP contribution >= 0.6 is 15.9 Å². The molecule has 6 nitrogen and oxygen atoms in total. The van der Waals surface area contributed by atoms with Crippen LogP contribution in [0.2, 0.25) is 0 Å². The minimum atomic E-state index is 0.158. The Hall–Kier alpha value is -2.02. The van der Waals surface area contributed by atoms with Gasteiger partial charge in [0, 0.05) is 23.4 Å². The SMILES string of the molecule is Cc1nc2n(n1)CCCC2Nc1ccnc2cc(Br)cnc12. The molecule has 1 unspecified atom stereocenters. The number of halogens is 1. The van der Waals surface area contributed by atoms with E-state index >= 15 is 0 Å². The second kappa shape index (κ2) is 5.31. The highest BCUT2D eigenvalue weighted by atomic mass is 79.9. The third-order valence-corrected chi connectivity index (χ3v) is 4.29. The van der Waals surface area contributed by atoms with Gasteiger partial charge in [0.2, 0.25) is 0 Å². The normalized spacial score (nSPS) is 17.5. The molecule has 0 bridgehead atoms. The van der Waals surface area contributed by atoms with Crippen LogP contribution in [0.4, 0.5) is 5.69 Å². The van der Waals surface area contributed by atoms with Crippen LogP contribution in [0.1, 0.15) is 30.5 Å². The molecule has 7 heteroatoms. The van der Waals surface area contributed by atoms with E-state index in [-0.39, 0.29) is 6.04 Å². The van der Waals surface area contributed by atoms with Crippen LogP contribution in [0.5, 0.6) is 0 Å². The molecule has 3 aromatic heterocycles. The van der Waals surface area contributed by atoms with Crippen LogP contribution < -0.4 is 5.32 Å². The zero-order valence-electron chi connectivity index (χ0n) is 12.1. The fraction of sp³-hybridized carbons (Fsp3) is 0.333. The quantitative estimate of drug-likeness (QED) is 0.761. The van der Waals surface area contributed by atoms with Crippen LogP contribution in [0.3, 0.4) is 0 Å². The first kappa shape index (κ1) is 13.6. The van der Waals surface area contributed by atoms with Crippen LogP contribution in [0.25, 0.3) is 11.0 Å². The number of rotatable bonds is 2. The molecule has 0 aromatic carbocycles. The Balaban J connectivity index is 1.73. The number of anilines is 1. The van der Waals surface area contributed by atoms with Gasteiger partial charge in [-0.2, -0.15) is 5.10 Å². The number of aryl methyl sites for hydroxylation is 2. The third-order valence-electron chi connectivity index (χ3n) is 3.85. The monoisotopic (exact) mass is 358 g/mol. The van der Waals surface area contributed by atoms with Gasteiger partial charge in [-0.3, -0.25) is 9.97 Å². The summed E-state index contributed by atoms with van der Waals surface area (Å²) in [6.45, 7) is 2.87. The van der Waals surface area contributed by atoms with Crippen molar-refractivity contribution in [3.05, 3.63) is 40.6 Å². The maximum Gasteiger partial charge on any atom is 0.149 e. The van der Waals surface area contributed by atoms with Gasteiger partial charge in [-0.25, -0.2) is 9.67 Å². The molecule has 3 aromatic rings. The lowest BCUT2D eigenvalue weighted by Gasteiger charge is -2.24. The van der Waals surface area contributed by atoms with Gasteiger partial charge in [-0.15, -0.1) is 0 Å². The van der Waals surface area contributed by atoms with Crippen molar-refractivity contribution in [2.75, 3.05) is 5.32 Å². The Kier molecular flexibility index (Phi) is 3.29. The Morgan fingerprint density at radius 2 is 2.27 bits per heavy atom. The molecule has 1 N–H and O–H groups in total. The molecule has 0 spiro atoms. The lowest BCUT2D eigenvalue weighted by Crippen LogP contribution is -2.22. The van der Waals surface area contributed by atoms with E-state index in [0.29, 0.717) is 0 Å². The molecule has 1 aliphatic rings. The number of nitrogens with zero attached hydrogens (tertiary/aromatic N) is 5. The summed E-state index contributed by atoms with van der Waals surface area (Å²) in [6, 6.07) is 4.10. The van der Waals surface area contributed by atoms with Crippen molar-refractivity contribution < 1.29 is 0 Å². The Bertz CT molecular complexity index is 843. The molecule has 0 fully saturated rings. The molecule has 4 heterocycles. The highest BCUT2D eigenvalue weighted by Gasteiger charge is 2.24. The second-order valence-electron chi connectivity index (χ2n) is 5.46. The zero-order chi connectivity index (χ0) is 15.1. The molecule has 22 heavy (non-hydrogen) atoms. The standard InChI is InChI=1S/C15H15BrN6/c1-9-19-15-12(3-2-6-22(15)21-9)20-11-4-5-17-13-7-10(16)8-18-14(11)13/h4-5,7-8,12H,2-3,6H2,1H3,(H,17,20). The second-order valence-corrected chi connectivity index (χ2v) is 6.37. The number of pyridine rings is 2. The van der Waals surface area contributed by atoms with Crippen molar-refractivity contribution in [2.24, 2.45) is 0 Å². The molecule has 4 rings (SSSR count). The van der Waals surface area contributed by atoms with Crippen LogP contribution in [0.15, 0.2) is 29.0 Å². The molecule has 1 aliphatic heterocycles. The molecule has 1 atom stereocenters. The lowest BCUT2D eigenvalue weighted by molar-refractivity contribution is 0.437. The van der Waals surface area contributed by atoms with Crippen molar-refractivity contribution in [3.8, 4) is 0 Å². The first-order chi connectivity index (χ1) is 10.7. The minimum Gasteiger partial charge on any atom is -0.373 e. The van der Waals surface area contributed by atoms with E-state index < -0.39 is 0 Å². The largest absolute Gasteiger partial charge is 0.373 e. The van der Waals surface area contributed by atoms with Gasteiger partial charge < -0.3 is 5.32 Å². The third kappa shape index (κ3) is 2.35. The van der Waals surface area contributed by atoms with Gasteiger partial charge in [-0.05, 0) is 47.8 Å². The van der Waals surface area contributed by atoms with E-state index in [0.717, 1.165) is 52.2 Å². The minimum absolute atomic E-state index is 0.158. The molecule has 0 radical (unpaired) electrons. The van der Waals surface area contributed by atoms with E-state index in [1.54, 1.807) is 12.4 Å². The van der Waals surface area contributed by atoms with E-state index in [9.17, 15) is 0 Å². The zero-order valence-corrected chi connectivity index (χ0v) is 13.7. The van der Waals surface area contributed by atoms with Crippen molar-refractivity contribution in [1.82, 2.24) is 24.7 Å². The van der Waals surface area contributed by atoms with Crippen molar-refractivity contribution in [2.45, 2.75) is 32.4 Å². The summed E-state index contributed by atoms with van der Waals surface area (Å²) in [5, 5.41) is 8.02. The number of hydrogen-bond donors (Lipinski definition) is 1. The lowest BCUT2D eigenvalue weighted by atomic mass is 10.1. The van der Waals surface area contributed by atoms with Crippen LogP contribution in [-0.2, 0) is 6.54 Å². The summed E-state index contributed by atoms with van der Waals surface area (Å²) in [5.74, 6) is 1.83. The number of fused-ring (bicyclic) bond motifs is 2. The van der Waals surface area contributed by atoms with Gasteiger partial charge in [0.15, 0.2) is 0 Å². The summed E-state index contributed by atoms with van der Waals surface area (Å²) in [5.41, 5.74) is 2.73. The Labute approximate surface area is 136 Å². The van der Waals surface area contributed by atoms with Gasteiger partial charge in [-0.1, -0.05) is 0 Å². The fourth-order valence-electron chi connectivity index (χ4n) is 2.91. The van der Waals surface area contributed by atoms with Crippen molar-refractivity contribution in [3.63, 3.8) is 0 Å². The maximum absolute atomic E-state index is 4.57. The highest BCUT2D eigenvalue weighted by molar-refractivity contribution is 9.10. The van der Waals surface area contributed by atoms with E-state index in [1.807, 2.05) is 23.7 Å². The summed E-state index contributed by atoms with van der Waals surface area (Å²) in [7, 11) is 0. The van der Waals surface area contributed by atoms with E-state index in [1.165, 1.54) is 0 Å². The Morgan fingerprint density at radius 1 is 1.36 bits per heavy atom. The first-order valence-corrected chi connectivity index (χ1v) is 8.08. The van der Waals surface area contributed by atoms with Gasteiger partial charge in [0.1, 0.15) is 17.2 Å². The van der Waals surface area contributed by atoms with Crippen LogP contribution in [0, 0.1) is 6.92 Å². The van der Waals surface area contributed by atoms with E-state index in [2.05, 4.69) is 41.3 Å². The molecule has 112 valence electrons. The van der Waals surface area contributed by atoms with Gasteiger partial charge in [0.05, 0.1) is 17.2 Å². The topological polar surface area (TPSA) is 68.5 Å². The predicted octanol–water partition coefficient (Wildman–Crippen LogP) is 3.24. The molecule has 0 amide bonds. The van der Waals surface area contributed by atoms with Crippen LogP contribution in [-0.4, -0.2) is 24.7 Å². The van der Waals surface area contributed by atoms with Crippen molar-refractivity contribution >= 4 is 32.7 Å². The molecule has 0 saturated carbocycles. The summed E-state index contributed by atoms with van der Waals surface area (Å²) >= 11 is 3.44. The molecular formula is C15H15BrN6. The summed E-state index contributed by atoms with van der Waals surface area (Å²) in [6.07, 6.45) is 5.73. The summed E-state index contributed by atoms with van der Waals surface area (Å²) in [4.78, 5) is 13.4. The Morgan fingerprint density at radius 3 is 3.18 bits per heavy atom. The highest BCUT2D eigenvalue weighted by Crippen LogP contribution is 2.30. The first-order valence-electron chi connectivity index (χ1n) is 7.29. The average Bonchev–Trinajstić information content (AvgIpc) is 2.88. The number of aromatic nitrogens is 5. The van der Waals surface area contributed by atoms with Gasteiger partial charge in [0.25, 0.3) is 0 Å². The maximum atomic E-state index is 4.57. The van der Waals surface area contributed by atoms with Gasteiger partial charge >= 0.3 is 0 Å². The summed E-state index contributed by atoms with van der Waals surface area (Å²) < 4.78 is 2.93.